The molecule has 0 aliphatic heterocycles. The van der Waals surface area contributed by atoms with Crippen LogP contribution in [0.25, 0.3) is 0 Å². The molecule has 0 bridgehead atoms. The predicted octanol–water partition coefficient (Wildman–Crippen LogP) is 3.93. The molecule has 1 aromatic carbocycles. The van der Waals surface area contributed by atoms with Gasteiger partial charge in [-0.05, 0) is 43.1 Å². The van der Waals surface area contributed by atoms with Crippen molar-refractivity contribution in [3.8, 4) is 5.75 Å². The Morgan fingerprint density at radius 3 is 2.43 bits per heavy atom. The first-order chi connectivity index (χ1) is 13.2. The minimum atomic E-state index is -0.598. The van der Waals surface area contributed by atoms with Crippen LogP contribution in [0.2, 0.25) is 0 Å². The zero-order valence-corrected chi connectivity index (χ0v) is 18.0. The SMILES string of the molecule is CCN(CC)CCn1cc(NC(=O)C(C)Oc2ccc(C(C)(C)C)cc2)cn1. The third kappa shape index (κ3) is 6.37. The molecule has 0 radical (unpaired) electrons. The van der Waals surface area contributed by atoms with Crippen LogP contribution in [0.5, 0.6) is 5.75 Å². The van der Waals surface area contributed by atoms with Crippen molar-refractivity contribution in [2.24, 2.45) is 0 Å². The van der Waals surface area contributed by atoms with Crippen molar-refractivity contribution < 1.29 is 9.53 Å². The minimum absolute atomic E-state index is 0.0902. The second-order valence-electron chi connectivity index (χ2n) is 8.04. The van der Waals surface area contributed by atoms with Gasteiger partial charge in [0.15, 0.2) is 6.10 Å². The number of hydrogen-bond donors (Lipinski definition) is 1. The summed E-state index contributed by atoms with van der Waals surface area (Å²) in [4.78, 5) is 14.8. The molecule has 0 saturated heterocycles. The number of amides is 1. The molecule has 2 rings (SSSR count). The first-order valence-electron chi connectivity index (χ1n) is 10.1. The summed E-state index contributed by atoms with van der Waals surface area (Å²) in [6.07, 6.45) is 2.93. The summed E-state index contributed by atoms with van der Waals surface area (Å²) in [5.74, 6) is 0.494. The molecule has 1 heterocycles. The summed E-state index contributed by atoms with van der Waals surface area (Å²) in [6.45, 7) is 16.3. The van der Waals surface area contributed by atoms with Gasteiger partial charge in [0.2, 0.25) is 0 Å². The van der Waals surface area contributed by atoms with Crippen LogP contribution < -0.4 is 10.1 Å². The lowest BCUT2D eigenvalue weighted by atomic mass is 9.87. The van der Waals surface area contributed by atoms with Crippen molar-refractivity contribution in [1.29, 1.82) is 0 Å². The van der Waals surface area contributed by atoms with E-state index in [0.717, 1.165) is 26.2 Å². The van der Waals surface area contributed by atoms with Crippen molar-refractivity contribution >= 4 is 11.6 Å². The number of aromatic nitrogens is 2. The second-order valence-corrected chi connectivity index (χ2v) is 8.04. The van der Waals surface area contributed by atoms with E-state index in [1.165, 1.54) is 5.56 Å². The number of nitrogens with zero attached hydrogens (tertiary/aromatic N) is 3. The Labute approximate surface area is 168 Å². The van der Waals surface area contributed by atoms with Gasteiger partial charge in [-0.15, -0.1) is 0 Å². The van der Waals surface area contributed by atoms with E-state index in [1.807, 2.05) is 35.1 Å². The van der Waals surface area contributed by atoms with E-state index in [4.69, 9.17) is 4.74 Å². The molecule has 1 amide bonds. The fourth-order valence-corrected chi connectivity index (χ4v) is 2.87. The summed E-state index contributed by atoms with van der Waals surface area (Å²) in [6, 6.07) is 7.91. The zero-order valence-electron chi connectivity index (χ0n) is 18.0. The molecule has 154 valence electrons. The van der Waals surface area contributed by atoms with Crippen molar-refractivity contribution in [3.63, 3.8) is 0 Å². The van der Waals surface area contributed by atoms with Crippen molar-refractivity contribution in [2.75, 3.05) is 25.0 Å². The lowest BCUT2D eigenvalue weighted by Crippen LogP contribution is -2.30. The molecule has 28 heavy (non-hydrogen) atoms. The zero-order chi connectivity index (χ0) is 20.7. The Bertz CT molecular complexity index is 743. The van der Waals surface area contributed by atoms with Gasteiger partial charge >= 0.3 is 0 Å². The van der Waals surface area contributed by atoms with E-state index in [9.17, 15) is 4.79 Å². The summed E-state index contributed by atoms with van der Waals surface area (Å²) in [5.41, 5.74) is 2.00. The van der Waals surface area contributed by atoms with Crippen LogP contribution in [-0.2, 0) is 16.8 Å². The molecule has 0 aliphatic carbocycles. The standard InChI is InChI=1S/C22H34N4O2/c1-7-25(8-2)13-14-26-16-19(15-23-26)24-21(27)17(3)28-20-11-9-18(10-12-20)22(4,5)6/h9-12,15-17H,7-8,13-14H2,1-6H3,(H,24,27). The molecule has 6 nitrogen and oxygen atoms in total. The summed E-state index contributed by atoms with van der Waals surface area (Å²) in [5, 5.41) is 7.19. The van der Waals surface area contributed by atoms with Gasteiger partial charge in [0.25, 0.3) is 5.91 Å². The maximum Gasteiger partial charge on any atom is 0.265 e. The van der Waals surface area contributed by atoms with Crippen LogP contribution in [0.1, 0.15) is 47.1 Å². The molecule has 0 saturated carbocycles. The second kappa shape index (κ2) is 9.73. The van der Waals surface area contributed by atoms with Gasteiger partial charge in [-0.2, -0.15) is 5.10 Å². The van der Waals surface area contributed by atoms with E-state index in [1.54, 1.807) is 13.1 Å². The van der Waals surface area contributed by atoms with Crippen LogP contribution in [0.3, 0.4) is 0 Å². The van der Waals surface area contributed by atoms with E-state index in [0.29, 0.717) is 11.4 Å². The fourth-order valence-electron chi connectivity index (χ4n) is 2.87. The first kappa shape index (κ1) is 22.0. The van der Waals surface area contributed by atoms with Gasteiger partial charge in [0.1, 0.15) is 5.75 Å². The van der Waals surface area contributed by atoms with Gasteiger partial charge < -0.3 is 15.0 Å². The molecule has 1 N–H and O–H groups in total. The normalized spacial score (nSPS) is 12.8. The van der Waals surface area contributed by atoms with Gasteiger partial charge in [-0.25, -0.2) is 0 Å². The Morgan fingerprint density at radius 2 is 1.86 bits per heavy atom. The lowest BCUT2D eigenvalue weighted by molar-refractivity contribution is -0.122. The highest BCUT2D eigenvalue weighted by atomic mass is 16.5. The monoisotopic (exact) mass is 386 g/mol. The van der Waals surface area contributed by atoms with Crippen LogP contribution >= 0.6 is 0 Å². The van der Waals surface area contributed by atoms with Gasteiger partial charge in [0.05, 0.1) is 18.4 Å². The van der Waals surface area contributed by atoms with Gasteiger partial charge in [0, 0.05) is 12.7 Å². The molecule has 0 spiro atoms. The smallest absolute Gasteiger partial charge is 0.265 e. The van der Waals surface area contributed by atoms with Crippen LogP contribution in [0.15, 0.2) is 36.7 Å². The molecule has 0 aliphatic rings. The molecule has 1 aromatic heterocycles. The molecule has 1 atom stereocenters. The van der Waals surface area contributed by atoms with Gasteiger partial charge in [-0.3, -0.25) is 9.48 Å². The van der Waals surface area contributed by atoms with Crippen LogP contribution in [0.4, 0.5) is 5.69 Å². The summed E-state index contributed by atoms with van der Waals surface area (Å²) in [7, 11) is 0. The van der Waals surface area contributed by atoms with E-state index >= 15 is 0 Å². The topological polar surface area (TPSA) is 59.4 Å². The number of benzene rings is 1. The van der Waals surface area contributed by atoms with E-state index in [2.05, 4.69) is 49.9 Å². The van der Waals surface area contributed by atoms with Crippen LogP contribution in [-0.4, -0.2) is 46.3 Å². The Kier molecular flexibility index (Phi) is 7.63. The Morgan fingerprint density at radius 1 is 1.21 bits per heavy atom. The fraction of sp³-hybridized carbons (Fsp3) is 0.545. The van der Waals surface area contributed by atoms with E-state index < -0.39 is 6.10 Å². The van der Waals surface area contributed by atoms with Crippen molar-refractivity contribution in [3.05, 3.63) is 42.2 Å². The molecular weight excluding hydrogens is 352 g/mol. The van der Waals surface area contributed by atoms with E-state index in [-0.39, 0.29) is 11.3 Å². The quantitative estimate of drug-likeness (QED) is 0.709. The lowest BCUT2D eigenvalue weighted by Gasteiger charge is -2.20. The summed E-state index contributed by atoms with van der Waals surface area (Å²) < 4.78 is 7.64. The maximum atomic E-state index is 12.4. The minimum Gasteiger partial charge on any atom is -0.481 e. The van der Waals surface area contributed by atoms with Crippen molar-refractivity contribution in [1.82, 2.24) is 14.7 Å². The Balaban J connectivity index is 1.87. The maximum absolute atomic E-state index is 12.4. The highest BCUT2D eigenvalue weighted by Crippen LogP contribution is 2.24. The highest BCUT2D eigenvalue weighted by molar-refractivity contribution is 5.93. The molecule has 2 aromatic rings. The number of carbonyl (C=O) groups is 1. The number of hydrogen-bond acceptors (Lipinski definition) is 4. The van der Waals surface area contributed by atoms with Crippen molar-refractivity contribution in [2.45, 2.75) is 59.6 Å². The average molecular weight is 387 g/mol. The third-order valence-electron chi connectivity index (χ3n) is 4.84. The number of nitrogens with one attached hydrogen (secondary N) is 1. The first-order valence-corrected chi connectivity index (χ1v) is 10.1. The predicted molar refractivity (Wildman–Crippen MR) is 114 cm³/mol. The average Bonchev–Trinajstić information content (AvgIpc) is 3.09. The molecule has 6 heteroatoms. The number of anilines is 1. The number of carbonyl (C=O) groups excluding carboxylic acids is 1. The molecular formula is C22H34N4O2. The summed E-state index contributed by atoms with van der Waals surface area (Å²) >= 11 is 0. The molecule has 1 unspecified atom stereocenters. The number of ether oxygens (including phenoxy) is 1. The third-order valence-corrected chi connectivity index (χ3v) is 4.84. The highest BCUT2D eigenvalue weighted by Gasteiger charge is 2.17. The Hall–Kier alpha value is -2.34. The van der Waals surface area contributed by atoms with Gasteiger partial charge in [-0.1, -0.05) is 46.8 Å². The van der Waals surface area contributed by atoms with Crippen LogP contribution in [0, 0.1) is 0 Å². The largest absolute Gasteiger partial charge is 0.481 e. The number of likely N-dealkylation sites (N-methyl/N-ethyl adjacent to an activating group) is 1. The molecule has 0 fully saturated rings. The number of rotatable bonds is 9.